The molecule has 0 aliphatic carbocycles. The number of aromatic nitrogens is 3. The Morgan fingerprint density at radius 3 is 2.67 bits per heavy atom. The molecule has 2 aromatic rings. The van der Waals surface area contributed by atoms with Gasteiger partial charge in [0.15, 0.2) is 0 Å². The Labute approximate surface area is 69.0 Å². The van der Waals surface area contributed by atoms with E-state index in [0.29, 0.717) is 0 Å². The Morgan fingerprint density at radius 1 is 1.25 bits per heavy atom. The van der Waals surface area contributed by atoms with E-state index in [1.54, 1.807) is 7.05 Å². The lowest BCUT2D eigenvalue weighted by Crippen LogP contribution is -2.22. The van der Waals surface area contributed by atoms with Crippen molar-refractivity contribution in [3.05, 3.63) is 29.9 Å². The summed E-state index contributed by atoms with van der Waals surface area (Å²) in [4.78, 5) is 4.04. The number of nitrogens with one attached hydrogen (secondary N) is 1. The second kappa shape index (κ2) is 2.41. The Kier molecular flexibility index (Phi) is 1.40. The number of aryl methyl sites for hydroxylation is 1. The highest BCUT2D eigenvalue weighted by Gasteiger charge is 1.94. The molecular weight excluding hydrogens is 152 g/mol. The van der Waals surface area contributed by atoms with Crippen LogP contribution in [0.1, 0.15) is 0 Å². The van der Waals surface area contributed by atoms with Gasteiger partial charge < -0.3 is 0 Å². The van der Waals surface area contributed by atoms with Crippen molar-refractivity contribution in [3.63, 3.8) is 0 Å². The first-order chi connectivity index (χ1) is 5.77. The van der Waals surface area contributed by atoms with E-state index in [9.17, 15) is 0 Å². The van der Waals surface area contributed by atoms with Crippen LogP contribution in [-0.4, -0.2) is 14.8 Å². The minimum atomic E-state index is 0.175. The molecule has 1 N–H and O–H groups in total. The van der Waals surface area contributed by atoms with Crippen LogP contribution in [0.5, 0.6) is 0 Å². The molecule has 1 heterocycles. The summed E-state index contributed by atoms with van der Waals surface area (Å²) in [6.07, 6.45) is 0. The summed E-state index contributed by atoms with van der Waals surface area (Å²) in [5.74, 6) is 0. The summed E-state index contributed by atoms with van der Waals surface area (Å²) in [5, 5.41) is 11.5. The molecule has 1 aromatic carbocycles. The van der Waals surface area contributed by atoms with Crippen molar-refractivity contribution >= 4 is 11.0 Å². The monoisotopic (exact) mass is 160 g/mol. The van der Waals surface area contributed by atoms with Gasteiger partial charge >= 0.3 is 0 Å². The van der Waals surface area contributed by atoms with E-state index in [4.69, 9.17) is 5.41 Å². The average Bonchev–Trinajstić information content (AvgIpc) is 2.07. The molecule has 0 fully saturated rings. The highest BCUT2D eigenvalue weighted by atomic mass is 15.3. The molecule has 0 atom stereocenters. The third kappa shape index (κ3) is 0.972. The van der Waals surface area contributed by atoms with Crippen LogP contribution in [0.2, 0.25) is 0 Å². The van der Waals surface area contributed by atoms with Gasteiger partial charge in [-0.15, -0.1) is 0 Å². The fraction of sp³-hybridized carbons (Fsp3) is 0.125. The lowest BCUT2D eigenvalue weighted by molar-refractivity contribution is 0.666. The van der Waals surface area contributed by atoms with E-state index in [1.165, 1.54) is 4.68 Å². The molecule has 0 bridgehead atoms. The summed E-state index contributed by atoms with van der Waals surface area (Å²) >= 11 is 0. The molecule has 0 saturated carbocycles. The van der Waals surface area contributed by atoms with Gasteiger partial charge in [0.05, 0.1) is 5.52 Å². The van der Waals surface area contributed by atoms with Gasteiger partial charge in [-0.1, -0.05) is 12.1 Å². The quantitative estimate of drug-likeness (QED) is 0.608. The molecule has 12 heavy (non-hydrogen) atoms. The molecule has 60 valence electrons. The third-order valence-electron chi connectivity index (χ3n) is 1.67. The van der Waals surface area contributed by atoms with E-state index >= 15 is 0 Å². The maximum absolute atomic E-state index is 7.39. The van der Waals surface area contributed by atoms with Crippen molar-refractivity contribution in [1.29, 1.82) is 5.41 Å². The molecule has 0 spiro atoms. The molecule has 1 aromatic heterocycles. The van der Waals surface area contributed by atoms with Crippen LogP contribution in [-0.2, 0) is 7.05 Å². The lowest BCUT2D eigenvalue weighted by atomic mass is 10.3. The highest BCUT2D eigenvalue weighted by molar-refractivity contribution is 5.72. The van der Waals surface area contributed by atoms with E-state index in [2.05, 4.69) is 10.1 Å². The van der Waals surface area contributed by atoms with Gasteiger partial charge in [0.25, 0.3) is 0 Å². The SMILES string of the molecule is Cn1nc2ccccc2nc1=N. The van der Waals surface area contributed by atoms with Gasteiger partial charge in [0.2, 0.25) is 5.62 Å². The average molecular weight is 160 g/mol. The number of benzene rings is 1. The number of rotatable bonds is 0. The fourth-order valence-corrected chi connectivity index (χ4v) is 1.04. The maximum Gasteiger partial charge on any atom is 0.239 e. The molecule has 0 radical (unpaired) electrons. The van der Waals surface area contributed by atoms with Gasteiger partial charge in [-0.25, -0.2) is 9.67 Å². The van der Waals surface area contributed by atoms with E-state index in [-0.39, 0.29) is 5.62 Å². The Bertz CT molecular complexity index is 472. The molecule has 0 unspecified atom stereocenters. The number of para-hydroxylation sites is 1. The summed E-state index contributed by atoms with van der Waals surface area (Å²) in [7, 11) is 1.71. The summed E-state index contributed by atoms with van der Waals surface area (Å²) in [6, 6.07) is 7.51. The standard InChI is InChI=1S/C8H8N4/c1-12-8(9)10-6-4-2-3-5-7(6)11-12/h2-5,9H,1H3. The zero-order valence-electron chi connectivity index (χ0n) is 6.65. The first kappa shape index (κ1) is 6.97. The summed E-state index contributed by atoms with van der Waals surface area (Å²) in [6.45, 7) is 0. The molecule has 0 aliphatic heterocycles. The topological polar surface area (TPSA) is 54.6 Å². The number of fused-ring (bicyclic) bond motifs is 1. The molecule has 0 saturated heterocycles. The van der Waals surface area contributed by atoms with E-state index in [0.717, 1.165) is 11.0 Å². The largest absolute Gasteiger partial charge is 0.266 e. The van der Waals surface area contributed by atoms with E-state index < -0.39 is 0 Å². The van der Waals surface area contributed by atoms with Crippen LogP contribution >= 0.6 is 0 Å². The van der Waals surface area contributed by atoms with E-state index in [1.807, 2.05) is 24.3 Å². The van der Waals surface area contributed by atoms with Crippen molar-refractivity contribution < 1.29 is 0 Å². The first-order valence-electron chi connectivity index (χ1n) is 3.62. The minimum absolute atomic E-state index is 0.175. The van der Waals surface area contributed by atoms with Crippen LogP contribution in [0.4, 0.5) is 0 Å². The first-order valence-corrected chi connectivity index (χ1v) is 3.62. The Hall–Kier alpha value is -1.71. The molecule has 0 aliphatic rings. The van der Waals surface area contributed by atoms with Crippen LogP contribution in [0.15, 0.2) is 24.3 Å². The van der Waals surface area contributed by atoms with Crippen LogP contribution in [0.3, 0.4) is 0 Å². The predicted octanol–water partition coefficient (Wildman–Crippen LogP) is 0.448. The number of hydrogen-bond acceptors (Lipinski definition) is 3. The van der Waals surface area contributed by atoms with Gasteiger partial charge in [-0.2, -0.15) is 5.10 Å². The fourth-order valence-electron chi connectivity index (χ4n) is 1.04. The molecular formula is C8H8N4. The summed E-state index contributed by atoms with van der Waals surface area (Å²) in [5.41, 5.74) is 1.75. The smallest absolute Gasteiger partial charge is 0.239 e. The maximum atomic E-state index is 7.39. The van der Waals surface area contributed by atoms with Gasteiger partial charge in [0.1, 0.15) is 5.52 Å². The van der Waals surface area contributed by atoms with Crippen LogP contribution < -0.4 is 5.62 Å². The van der Waals surface area contributed by atoms with Crippen molar-refractivity contribution in [2.45, 2.75) is 0 Å². The Morgan fingerprint density at radius 2 is 1.92 bits per heavy atom. The lowest BCUT2D eigenvalue weighted by Gasteiger charge is -1.98. The molecule has 2 rings (SSSR count). The molecule has 4 heteroatoms. The van der Waals surface area contributed by atoms with Crippen LogP contribution in [0, 0.1) is 5.41 Å². The normalized spacial score (nSPS) is 10.4. The number of nitrogens with zero attached hydrogens (tertiary/aromatic N) is 3. The zero-order chi connectivity index (χ0) is 8.55. The summed E-state index contributed by atoms with van der Waals surface area (Å²) < 4.78 is 1.45. The Balaban J connectivity index is 2.93. The second-order valence-electron chi connectivity index (χ2n) is 2.55. The second-order valence-corrected chi connectivity index (χ2v) is 2.55. The van der Waals surface area contributed by atoms with Gasteiger partial charge in [-0.05, 0) is 12.1 Å². The van der Waals surface area contributed by atoms with Crippen molar-refractivity contribution in [2.75, 3.05) is 0 Å². The van der Waals surface area contributed by atoms with Crippen LogP contribution in [0.25, 0.3) is 11.0 Å². The molecule has 0 amide bonds. The van der Waals surface area contributed by atoms with Crippen molar-refractivity contribution in [2.24, 2.45) is 7.05 Å². The van der Waals surface area contributed by atoms with Crippen molar-refractivity contribution in [3.8, 4) is 0 Å². The van der Waals surface area contributed by atoms with Gasteiger partial charge in [-0.3, -0.25) is 5.41 Å². The minimum Gasteiger partial charge on any atom is -0.266 e. The third-order valence-corrected chi connectivity index (χ3v) is 1.67. The molecule has 4 nitrogen and oxygen atoms in total. The highest BCUT2D eigenvalue weighted by Crippen LogP contribution is 2.02. The van der Waals surface area contributed by atoms with Gasteiger partial charge in [0, 0.05) is 7.05 Å². The zero-order valence-corrected chi connectivity index (χ0v) is 6.65. The predicted molar refractivity (Wildman–Crippen MR) is 44.4 cm³/mol. The number of hydrogen-bond donors (Lipinski definition) is 1. The van der Waals surface area contributed by atoms with Crippen molar-refractivity contribution in [1.82, 2.24) is 14.8 Å².